The van der Waals surface area contributed by atoms with Crippen molar-refractivity contribution >= 4 is 5.91 Å². The van der Waals surface area contributed by atoms with E-state index in [0.29, 0.717) is 18.4 Å². The molecule has 0 aromatic carbocycles. The van der Waals surface area contributed by atoms with E-state index in [4.69, 9.17) is 0 Å². The summed E-state index contributed by atoms with van der Waals surface area (Å²) < 4.78 is 0. The lowest BCUT2D eigenvalue weighted by Gasteiger charge is -2.21. The van der Waals surface area contributed by atoms with E-state index >= 15 is 0 Å². The number of carbonyl (C=O) groups excluding carboxylic acids is 1. The van der Waals surface area contributed by atoms with Crippen LogP contribution in [-0.4, -0.2) is 37.0 Å². The Bertz CT molecular complexity index is 202. The minimum absolute atomic E-state index is 0.132. The van der Waals surface area contributed by atoms with Crippen LogP contribution in [0.3, 0.4) is 0 Å². The van der Waals surface area contributed by atoms with Crippen LogP contribution >= 0.6 is 0 Å². The van der Waals surface area contributed by atoms with Crippen LogP contribution in [-0.2, 0) is 4.79 Å². The standard InChI is InChI=1S/C13H28N2O/c1-10(2)7-8-15(6)9-13(16)14-12(5)11(3)4/h10-12H,7-9H2,1-6H3,(H,14,16). The van der Waals surface area contributed by atoms with Crippen molar-refractivity contribution in [1.82, 2.24) is 10.2 Å². The average molecular weight is 228 g/mol. The second kappa shape index (κ2) is 7.66. The summed E-state index contributed by atoms with van der Waals surface area (Å²) in [6, 6.07) is 0.256. The summed E-state index contributed by atoms with van der Waals surface area (Å²) in [6.07, 6.45) is 1.14. The molecule has 0 radical (unpaired) electrons. The number of carbonyl (C=O) groups is 1. The first-order valence-corrected chi connectivity index (χ1v) is 6.30. The molecule has 0 aliphatic heterocycles. The van der Waals surface area contributed by atoms with Crippen LogP contribution in [0.4, 0.5) is 0 Å². The molecule has 0 saturated heterocycles. The number of hydrogen-bond acceptors (Lipinski definition) is 2. The number of likely N-dealkylation sites (N-methyl/N-ethyl adjacent to an activating group) is 1. The smallest absolute Gasteiger partial charge is 0.234 e. The normalized spacial score (nSPS) is 13.6. The highest BCUT2D eigenvalue weighted by Gasteiger charge is 2.12. The van der Waals surface area contributed by atoms with E-state index in [0.717, 1.165) is 13.0 Å². The average Bonchev–Trinajstić information content (AvgIpc) is 2.14. The van der Waals surface area contributed by atoms with Gasteiger partial charge in [0.1, 0.15) is 0 Å². The van der Waals surface area contributed by atoms with Crippen LogP contribution in [0.25, 0.3) is 0 Å². The zero-order chi connectivity index (χ0) is 12.7. The first kappa shape index (κ1) is 15.4. The van der Waals surface area contributed by atoms with Gasteiger partial charge in [0.2, 0.25) is 5.91 Å². The van der Waals surface area contributed by atoms with E-state index in [1.165, 1.54) is 0 Å². The molecule has 1 unspecified atom stereocenters. The fourth-order valence-corrected chi connectivity index (χ4v) is 1.27. The van der Waals surface area contributed by atoms with Crippen LogP contribution in [0.1, 0.15) is 41.0 Å². The van der Waals surface area contributed by atoms with Gasteiger partial charge in [0.25, 0.3) is 0 Å². The fourth-order valence-electron chi connectivity index (χ4n) is 1.27. The molecule has 1 atom stereocenters. The van der Waals surface area contributed by atoms with E-state index in [9.17, 15) is 4.79 Å². The second-order valence-corrected chi connectivity index (χ2v) is 5.52. The van der Waals surface area contributed by atoms with Gasteiger partial charge in [0, 0.05) is 6.04 Å². The molecule has 0 saturated carbocycles. The van der Waals surface area contributed by atoms with Gasteiger partial charge in [0.05, 0.1) is 6.54 Å². The van der Waals surface area contributed by atoms with Crippen molar-refractivity contribution in [2.45, 2.75) is 47.1 Å². The van der Waals surface area contributed by atoms with Crippen molar-refractivity contribution in [2.75, 3.05) is 20.1 Å². The number of rotatable bonds is 7. The highest BCUT2D eigenvalue weighted by atomic mass is 16.2. The number of nitrogens with one attached hydrogen (secondary N) is 1. The zero-order valence-corrected chi connectivity index (χ0v) is 11.7. The highest BCUT2D eigenvalue weighted by molar-refractivity contribution is 5.78. The molecule has 0 heterocycles. The Labute approximate surface area is 101 Å². The lowest BCUT2D eigenvalue weighted by atomic mass is 10.1. The highest BCUT2D eigenvalue weighted by Crippen LogP contribution is 2.01. The molecule has 0 aromatic rings. The lowest BCUT2D eigenvalue weighted by Crippen LogP contribution is -2.42. The lowest BCUT2D eigenvalue weighted by molar-refractivity contribution is -0.122. The molecule has 0 spiro atoms. The van der Waals surface area contributed by atoms with Crippen molar-refractivity contribution in [3.8, 4) is 0 Å². The second-order valence-electron chi connectivity index (χ2n) is 5.52. The van der Waals surface area contributed by atoms with Crippen molar-refractivity contribution in [3.63, 3.8) is 0 Å². The molecule has 16 heavy (non-hydrogen) atoms. The Balaban J connectivity index is 3.78. The molecule has 0 aromatic heterocycles. The molecular weight excluding hydrogens is 200 g/mol. The molecule has 0 rings (SSSR count). The fraction of sp³-hybridized carbons (Fsp3) is 0.923. The van der Waals surface area contributed by atoms with Crippen LogP contribution in [0.5, 0.6) is 0 Å². The molecule has 1 N–H and O–H groups in total. The molecule has 0 bridgehead atoms. The summed E-state index contributed by atoms with van der Waals surface area (Å²) >= 11 is 0. The summed E-state index contributed by atoms with van der Waals surface area (Å²) in [6.45, 7) is 12.2. The first-order chi connectivity index (χ1) is 7.32. The molecule has 3 heteroatoms. The minimum atomic E-state index is 0.132. The van der Waals surface area contributed by atoms with E-state index in [1.54, 1.807) is 0 Å². The quantitative estimate of drug-likeness (QED) is 0.724. The Morgan fingerprint density at radius 3 is 2.19 bits per heavy atom. The van der Waals surface area contributed by atoms with Crippen molar-refractivity contribution in [2.24, 2.45) is 11.8 Å². The molecule has 96 valence electrons. The van der Waals surface area contributed by atoms with Gasteiger partial charge in [-0.3, -0.25) is 9.69 Å². The summed E-state index contributed by atoms with van der Waals surface area (Å²) in [5.74, 6) is 1.32. The Morgan fingerprint density at radius 2 is 1.75 bits per heavy atom. The molecule has 3 nitrogen and oxygen atoms in total. The van der Waals surface area contributed by atoms with Gasteiger partial charge in [-0.05, 0) is 38.8 Å². The number of hydrogen-bond donors (Lipinski definition) is 1. The SMILES string of the molecule is CC(C)CCN(C)CC(=O)NC(C)C(C)C. The van der Waals surface area contributed by atoms with Gasteiger partial charge in [0.15, 0.2) is 0 Å². The maximum Gasteiger partial charge on any atom is 0.234 e. The summed E-state index contributed by atoms with van der Waals surface area (Å²) in [5.41, 5.74) is 0. The van der Waals surface area contributed by atoms with Crippen molar-refractivity contribution < 1.29 is 4.79 Å². The minimum Gasteiger partial charge on any atom is -0.352 e. The van der Waals surface area contributed by atoms with Gasteiger partial charge in [-0.25, -0.2) is 0 Å². The van der Waals surface area contributed by atoms with Crippen LogP contribution in [0.2, 0.25) is 0 Å². The van der Waals surface area contributed by atoms with Gasteiger partial charge in [-0.2, -0.15) is 0 Å². The summed E-state index contributed by atoms with van der Waals surface area (Å²) in [4.78, 5) is 13.7. The first-order valence-electron chi connectivity index (χ1n) is 6.30. The van der Waals surface area contributed by atoms with Crippen LogP contribution < -0.4 is 5.32 Å². The number of nitrogens with zero attached hydrogens (tertiary/aromatic N) is 1. The third kappa shape index (κ3) is 7.69. The van der Waals surface area contributed by atoms with E-state index in [2.05, 4.69) is 44.8 Å². The predicted molar refractivity (Wildman–Crippen MR) is 69.4 cm³/mol. The molecular formula is C13H28N2O. The molecule has 0 aliphatic carbocycles. The molecule has 0 fully saturated rings. The van der Waals surface area contributed by atoms with E-state index in [-0.39, 0.29) is 11.9 Å². The van der Waals surface area contributed by atoms with Crippen LogP contribution in [0.15, 0.2) is 0 Å². The van der Waals surface area contributed by atoms with Crippen molar-refractivity contribution in [3.05, 3.63) is 0 Å². The van der Waals surface area contributed by atoms with Crippen LogP contribution in [0, 0.1) is 11.8 Å². The third-order valence-electron chi connectivity index (χ3n) is 2.89. The van der Waals surface area contributed by atoms with E-state index in [1.807, 2.05) is 7.05 Å². The Kier molecular flexibility index (Phi) is 7.39. The maximum absolute atomic E-state index is 11.7. The topological polar surface area (TPSA) is 32.3 Å². The molecule has 1 amide bonds. The maximum atomic E-state index is 11.7. The summed E-state index contributed by atoms with van der Waals surface area (Å²) in [7, 11) is 2.00. The molecule has 0 aliphatic rings. The summed E-state index contributed by atoms with van der Waals surface area (Å²) in [5, 5.41) is 3.02. The number of amides is 1. The van der Waals surface area contributed by atoms with E-state index < -0.39 is 0 Å². The van der Waals surface area contributed by atoms with Gasteiger partial charge < -0.3 is 5.32 Å². The Hall–Kier alpha value is -0.570. The Morgan fingerprint density at radius 1 is 1.19 bits per heavy atom. The zero-order valence-electron chi connectivity index (χ0n) is 11.7. The predicted octanol–water partition coefficient (Wildman–Crippen LogP) is 2.12. The monoisotopic (exact) mass is 228 g/mol. The van der Waals surface area contributed by atoms with Gasteiger partial charge in [-0.1, -0.05) is 27.7 Å². The third-order valence-corrected chi connectivity index (χ3v) is 2.89. The largest absolute Gasteiger partial charge is 0.352 e. The van der Waals surface area contributed by atoms with Crippen molar-refractivity contribution in [1.29, 1.82) is 0 Å². The van der Waals surface area contributed by atoms with Gasteiger partial charge in [-0.15, -0.1) is 0 Å². The van der Waals surface area contributed by atoms with Gasteiger partial charge >= 0.3 is 0 Å².